The standard InChI is InChI=1S/C33H45N3O9/c1-8-12-36-27(37)17-44-25-16-23-30(39)22(28(25)36)13-18(2)14-26(43-7)29(38)20(4)15-21(5)31(45-33(34)41)24(42-6)11-9-10-19(3)32(40)35-23/h8-11,15-16,18,20,24,26,29,31,38-39H,1,12-14,17H2,2-7H3,(H2,34,41)(H,35,40)/b11-9-,19-10+,21-15+/t18-,20+,24+,26+,29-,31+/m1/s1. The summed E-state index contributed by atoms with van der Waals surface area (Å²) < 4.78 is 22.5. The molecule has 0 unspecified atom stereocenters. The Morgan fingerprint density at radius 3 is 2.58 bits per heavy atom. The molecule has 0 spiro atoms. The van der Waals surface area contributed by atoms with Crippen LogP contribution in [0.15, 0.2) is 54.2 Å². The molecule has 1 aromatic carbocycles. The number of aromatic hydroxyl groups is 1. The first-order chi connectivity index (χ1) is 21.3. The number of methoxy groups -OCH3 is 2. The number of carbonyl (C=O) groups excluding carboxylic acids is 3. The zero-order valence-corrected chi connectivity index (χ0v) is 26.7. The van der Waals surface area contributed by atoms with Gasteiger partial charge in [0.1, 0.15) is 17.6 Å². The molecule has 246 valence electrons. The fourth-order valence-electron chi connectivity index (χ4n) is 5.65. The SMILES string of the molecule is C=CCN1C(=O)COc2cc3c(O)c(c21)C[C@@H](C)C[C@H](OC)[C@H](O)[C@@H](C)/C=C(\C)[C@H](OC(N)=O)[C@@H](OC)/C=C\C=C(/C)C(=O)N3. The number of anilines is 2. The smallest absolute Gasteiger partial charge is 0.405 e. The van der Waals surface area contributed by atoms with Gasteiger partial charge < -0.3 is 45.1 Å². The van der Waals surface area contributed by atoms with E-state index in [4.69, 9.17) is 24.7 Å². The van der Waals surface area contributed by atoms with E-state index in [-0.39, 0.29) is 42.8 Å². The number of fused-ring (bicyclic) bond motifs is 4. The van der Waals surface area contributed by atoms with E-state index in [2.05, 4.69) is 11.9 Å². The number of phenolic OH excluding ortho intramolecular Hbond substituents is 1. The largest absolute Gasteiger partial charge is 0.505 e. The summed E-state index contributed by atoms with van der Waals surface area (Å²) in [5.74, 6) is -1.27. The summed E-state index contributed by atoms with van der Waals surface area (Å²) >= 11 is 0. The van der Waals surface area contributed by atoms with E-state index in [1.807, 2.05) is 13.8 Å². The number of ether oxygens (including phenoxy) is 4. The zero-order chi connectivity index (χ0) is 33.4. The third kappa shape index (κ3) is 8.53. The first-order valence-corrected chi connectivity index (χ1v) is 14.8. The van der Waals surface area contributed by atoms with Crippen molar-refractivity contribution in [3.05, 3.63) is 59.7 Å². The highest BCUT2D eigenvalue weighted by Gasteiger charge is 2.34. The predicted octanol–water partition coefficient (Wildman–Crippen LogP) is 3.76. The Hall–Kier alpha value is -4.13. The van der Waals surface area contributed by atoms with Crippen molar-refractivity contribution < 1.29 is 43.5 Å². The number of hydrogen-bond acceptors (Lipinski definition) is 9. The minimum Gasteiger partial charge on any atom is -0.505 e. The molecule has 0 saturated carbocycles. The van der Waals surface area contributed by atoms with E-state index in [0.717, 1.165) is 0 Å². The summed E-state index contributed by atoms with van der Waals surface area (Å²) in [4.78, 5) is 39.3. The molecule has 12 nitrogen and oxygen atoms in total. The number of aliphatic hydroxyl groups excluding tert-OH is 1. The van der Waals surface area contributed by atoms with E-state index in [1.54, 1.807) is 44.2 Å². The van der Waals surface area contributed by atoms with Crippen LogP contribution in [0.2, 0.25) is 0 Å². The van der Waals surface area contributed by atoms with E-state index < -0.39 is 42.3 Å². The Kier molecular flexibility index (Phi) is 12.4. The topological polar surface area (TPSA) is 170 Å². The van der Waals surface area contributed by atoms with E-state index in [0.29, 0.717) is 34.6 Å². The minimum absolute atomic E-state index is 0.116. The summed E-state index contributed by atoms with van der Waals surface area (Å²) in [6.45, 7) is 10.8. The Bertz CT molecular complexity index is 1370. The van der Waals surface area contributed by atoms with Crippen LogP contribution in [0.1, 0.15) is 39.7 Å². The number of amides is 3. The second-order valence-electron chi connectivity index (χ2n) is 11.5. The number of allylic oxidation sites excluding steroid dienone is 2. The lowest BCUT2D eigenvalue weighted by molar-refractivity contribution is -0.121. The molecule has 2 aliphatic heterocycles. The van der Waals surface area contributed by atoms with Gasteiger partial charge in [-0.1, -0.05) is 44.2 Å². The number of primary amides is 1. The summed E-state index contributed by atoms with van der Waals surface area (Å²) in [6, 6.07) is 1.50. The second-order valence-corrected chi connectivity index (χ2v) is 11.5. The summed E-state index contributed by atoms with van der Waals surface area (Å²) in [5, 5.41) is 25.6. The number of nitrogens with two attached hydrogens (primary N) is 1. The summed E-state index contributed by atoms with van der Waals surface area (Å²) in [7, 11) is 2.95. The molecular weight excluding hydrogens is 582 g/mol. The van der Waals surface area contributed by atoms with E-state index in [1.165, 1.54) is 25.2 Å². The zero-order valence-electron chi connectivity index (χ0n) is 26.7. The van der Waals surface area contributed by atoms with Gasteiger partial charge in [-0.05, 0) is 38.2 Å². The number of nitrogens with zero attached hydrogens (tertiary/aromatic N) is 1. The van der Waals surface area contributed by atoms with Crippen LogP contribution in [0.4, 0.5) is 16.2 Å². The third-order valence-corrected chi connectivity index (χ3v) is 8.02. The Balaban J connectivity index is 2.17. The number of hydrogen-bond donors (Lipinski definition) is 4. The first-order valence-electron chi connectivity index (χ1n) is 14.8. The summed E-state index contributed by atoms with van der Waals surface area (Å²) in [5.41, 5.74) is 7.19. The molecule has 2 aliphatic rings. The van der Waals surface area contributed by atoms with Crippen molar-refractivity contribution in [1.82, 2.24) is 0 Å². The number of carbonyl (C=O) groups is 3. The van der Waals surface area contributed by atoms with E-state index >= 15 is 0 Å². The van der Waals surface area contributed by atoms with Crippen LogP contribution in [0.5, 0.6) is 11.5 Å². The van der Waals surface area contributed by atoms with Gasteiger partial charge in [0.2, 0.25) is 0 Å². The van der Waals surface area contributed by atoms with Crippen LogP contribution < -0.4 is 20.7 Å². The fourth-order valence-corrected chi connectivity index (χ4v) is 5.65. The van der Waals surface area contributed by atoms with Crippen molar-refractivity contribution in [2.45, 2.75) is 65.0 Å². The lowest BCUT2D eigenvalue weighted by Gasteiger charge is -2.33. The highest BCUT2D eigenvalue weighted by Crippen LogP contribution is 2.46. The predicted molar refractivity (Wildman–Crippen MR) is 170 cm³/mol. The van der Waals surface area contributed by atoms with Gasteiger partial charge in [-0.25, -0.2) is 4.79 Å². The Labute approximate surface area is 264 Å². The molecule has 0 aliphatic carbocycles. The molecule has 2 bridgehead atoms. The van der Waals surface area contributed by atoms with Gasteiger partial charge in [0, 0.05) is 43.9 Å². The molecular formula is C33H45N3O9. The highest BCUT2D eigenvalue weighted by atomic mass is 16.6. The third-order valence-electron chi connectivity index (χ3n) is 8.02. The molecule has 6 atom stereocenters. The lowest BCUT2D eigenvalue weighted by Crippen LogP contribution is -2.40. The van der Waals surface area contributed by atoms with Crippen LogP contribution in [-0.4, -0.2) is 79.9 Å². The van der Waals surface area contributed by atoms with Gasteiger partial charge >= 0.3 is 6.09 Å². The molecule has 3 amide bonds. The van der Waals surface area contributed by atoms with Gasteiger partial charge in [-0.2, -0.15) is 0 Å². The molecule has 1 aromatic rings. The van der Waals surface area contributed by atoms with Crippen LogP contribution >= 0.6 is 0 Å². The first kappa shape index (κ1) is 35.4. The van der Waals surface area contributed by atoms with Crippen LogP contribution in [0.25, 0.3) is 0 Å². The molecule has 0 fully saturated rings. The lowest BCUT2D eigenvalue weighted by atomic mass is 9.87. The van der Waals surface area contributed by atoms with Crippen molar-refractivity contribution in [2.75, 3.05) is 37.6 Å². The quantitative estimate of drug-likeness (QED) is 0.280. The molecule has 0 radical (unpaired) electrons. The highest BCUT2D eigenvalue weighted by molar-refractivity contribution is 6.06. The maximum atomic E-state index is 13.2. The number of nitrogens with one attached hydrogen (secondary N) is 1. The minimum atomic E-state index is -0.994. The van der Waals surface area contributed by atoms with E-state index in [9.17, 15) is 24.6 Å². The van der Waals surface area contributed by atoms with Crippen LogP contribution in [0, 0.1) is 11.8 Å². The van der Waals surface area contributed by atoms with Crippen LogP contribution in [-0.2, 0) is 30.2 Å². The Morgan fingerprint density at radius 2 is 1.96 bits per heavy atom. The van der Waals surface area contributed by atoms with Crippen molar-refractivity contribution in [2.24, 2.45) is 17.6 Å². The van der Waals surface area contributed by atoms with Crippen molar-refractivity contribution in [3.8, 4) is 11.5 Å². The maximum absolute atomic E-state index is 13.2. The normalized spacial score (nSPS) is 29.6. The summed E-state index contributed by atoms with van der Waals surface area (Å²) in [6.07, 6.45) is 4.50. The molecule has 2 heterocycles. The number of benzene rings is 1. The van der Waals surface area contributed by atoms with Gasteiger partial charge in [0.05, 0.1) is 23.6 Å². The average molecular weight is 628 g/mol. The fraction of sp³-hybridized carbons (Fsp3) is 0.485. The number of phenols is 1. The number of rotatable bonds is 5. The second kappa shape index (κ2) is 15.7. The van der Waals surface area contributed by atoms with Crippen LogP contribution in [0.3, 0.4) is 0 Å². The van der Waals surface area contributed by atoms with Gasteiger partial charge in [-0.3, -0.25) is 9.59 Å². The maximum Gasteiger partial charge on any atom is 0.405 e. The van der Waals surface area contributed by atoms with Crippen molar-refractivity contribution >= 4 is 29.3 Å². The molecule has 12 heteroatoms. The number of aliphatic hydroxyl groups is 1. The van der Waals surface area contributed by atoms with Crippen molar-refractivity contribution in [3.63, 3.8) is 0 Å². The van der Waals surface area contributed by atoms with Gasteiger partial charge in [0.25, 0.3) is 11.8 Å². The average Bonchev–Trinajstić information content (AvgIpc) is 2.99. The molecule has 5 N–H and O–H groups in total. The molecule has 0 saturated heterocycles. The molecule has 45 heavy (non-hydrogen) atoms. The molecule has 0 aromatic heterocycles. The van der Waals surface area contributed by atoms with Crippen molar-refractivity contribution in [1.29, 1.82) is 0 Å². The Morgan fingerprint density at radius 1 is 1.24 bits per heavy atom. The van der Waals surface area contributed by atoms with Gasteiger partial charge in [0.15, 0.2) is 12.7 Å². The molecule has 3 rings (SSSR count). The monoisotopic (exact) mass is 627 g/mol. The van der Waals surface area contributed by atoms with Gasteiger partial charge in [-0.15, -0.1) is 6.58 Å².